The van der Waals surface area contributed by atoms with Crippen molar-refractivity contribution in [2.24, 2.45) is 0 Å². The highest BCUT2D eigenvalue weighted by Gasteiger charge is 2.17. The molecule has 1 aromatic heterocycles. The molecule has 0 aliphatic rings. The topological polar surface area (TPSA) is 66.9 Å². The lowest BCUT2D eigenvalue weighted by atomic mass is 10.2. The fourth-order valence-electron chi connectivity index (χ4n) is 2.24. The first kappa shape index (κ1) is 18.4. The van der Waals surface area contributed by atoms with Crippen LogP contribution in [0, 0.1) is 13.8 Å². The Balaban J connectivity index is 1.57. The van der Waals surface area contributed by atoms with Gasteiger partial charge in [0.25, 0.3) is 0 Å². The minimum absolute atomic E-state index is 0.0535. The minimum atomic E-state index is -0.268. The number of hydrogen-bond donors (Lipinski definition) is 2. The van der Waals surface area contributed by atoms with Crippen molar-refractivity contribution < 1.29 is 4.79 Å². The molecule has 134 valence electrons. The van der Waals surface area contributed by atoms with Gasteiger partial charge in [0.15, 0.2) is 4.34 Å². The van der Waals surface area contributed by atoms with Crippen LogP contribution < -0.4 is 10.6 Å². The SMILES string of the molecule is Cc1ccc(NC(=O)[C@@H](C)Sc2nnc(Nc3cccc(C)c3)s2)cc1. The van der Waals surface area contributed by atoms with Crippen LogP contribution >= 0.6 is 23.1 Å². The second kappa shape index (κ2) is 8.33. The predicted octanol–water partition coefficient (Wildman–Crippen LogP) is 5.02. The van der Waals surface area contributed by atoms with E-state index in [2.05, 4.69) is 20.8 Å². The average molecular weight is 385 g/mol. The zero-order chi connectivity index (χ0) is 18.5. The number of benzene rings is 2. The Bertz CT molecular complexity index is 893. The smallest absolute Gasteiger partial charge is 0.237 e. The summed E-state index contributed by atoms with van der Waals surface area (Å²) in [5, 5.41) is 14.9. The number of nitrogens with zero attached hydrogens (tertiary/aromatic N) is 2. The van der Waals surface area contributed by atoms with Gasteiger partial charge < -0.3 is 10.6 Å². The quantitative estimate of drug-likeness (QED) is 0.584. The molecule has 7 heteroatoms. The van der Waals surface area contributed by atoms with Crippen LogP contribution in [0.3, 0.4) is 0 Å². The summed E-state index contributed by atoms with van der Waals surface area (Å²) >= 11 is 2.84. The third-order valence-electron chi connectivity index (χ3n) is 3.64. The van der Waals surface area contributed by atoms with Gasteiger partial charge >= 0.3 is 0 Å². The highest BCUT2D eigenvalue weighted by atomic mass is 32.2. The molecule has 0 bridgehead atoms. The maximum atomic E-state index is 12.3. The van der Waals surface area contributed by atoms with Crippen molar-refractivity contribution in [3.8, 4) is 0 Å². The monoisotopic (exact) mass is 384 g/mol. The summed E-state index contributed by atoms with van der Waals surface area (Å²) in [5.74, 6) is -0.0535. The van der Waals surface area contributed by atoms with Gasteiger partial charge in [-0.1, -0.05) is 52.9 Å². The van der Waals surface area contributed by atoms with E-state index >= 15 is 0 Å². The van der Waals surface area contributed by atoms with Crippen molar-refractivity contribution in [1.29, 1.82) is 0 Å². The Kier molecular flexibility index (Phi) is 5.90. The number of anilines is 3. The standard InChI is InChI=1S/C19H20N4OS2/c1-12-7-9-15(10-8-12)20-17(24)14(3)25-19-23-22-18(26-19)21-16-6-4-5-13(2)11-16/h4-11,14H,1-3H3,(H,20,24)(H,21,22)/t14-/m1/s1. The zero-order valence-electron chi connectivity index (χ0n) is 14.8. The van der Waals surface area contributed by atoms with Gasteiger partial charge in [0, 0.05) is 11.4 Å². The summed E-state index contributed by atoms with van der Waals surface area (Å²) in [4.78, 5) is 12.3. The molecule has 0 aliphatic carbocycles. The Morgan fingerprint density at radius 3 is 2.54 bits per heavy atom. The highest BCUT2D eigenvalue weighted by molar-refractivity contribution is 8.02. The summed E-state index contributed by atoms with van der Waals surface area (Å²) in [7, 11) is 0. The van der Waals surface area contributed by atoms with Crippen molar-refractivity contribution in [2.45, 2.75) is 30.4 Å². The molecule has 26 heavy (non-hydrogen) atoms. The van der Waals surface area contributed by atoms with E-state index in [4.69, 9.17) is 0 Å². The number of carbonyl (C=O) groups is 1. The van der Waals surface area contributed by atoms with Crippen LogP contribution in [0.25, 0.3) is 0 Å². The molecule has 0 fully saturated rings. The van der Waals surface area contributed by atoms with E-state index < -0.39 is 0 Å². The van der Waals surface area contributed by atoms with Gasteiger partial charge in [0.2, 0.25) is 11.0 Å². The molecule has 0 saturated heterocycles. The lowest BCUT2D eigenvalue weighted by molar-refractivity contribution is -0.115. The normalized spacial score (nSPS) is 11.8. The van der Waals surface area contributed by atoms with E-state index in [1.54, 1.807) is 0 Å². The number of rotatable bonds is 6. The van der Waals surface area contributed by atoms with E-state index in [9.17, 15) is 4.79 Å². The number of carbonyl (C=O) groups excluding carboxylic acids is 1. The summed E-state index contributed by atoms with van der Waals surface area (Å²) in [6.07, 6.45) is 0. The number of thioether (sulfide) groups is 1. The Morgan fingerprint density at radius 1 is 1.04 bits per heavy atom. The van der Waals surface area contributed by atoms with Gasteiger partial charge in [0.05, 0.1) is 5.25 Å². The molecule has 3 rings (SSSR count). The summed E-state index contributed by atoms with van der Waals surface area (Å²) in [6.45, 7) is 5.92. The van der Waals surface area contributed by atoms with E-state index in [0.29, 0.717) is 5.13 Å². The Hall–Kier alpha value is -2.38. The van der Waals surface area contributed by atoms with E-state index in [1.165, 1.54) is 28.7 Å². The van der Waals surface area contributed by atoms with Crippen LogP contribution in [0.15, 0.2) is 52.9 Å². The molecule has 0 radical (unpaired) electrons. The van der Waals surface area contributed by atoms with Gasteiger partial charge in [-0.3, -0.25) is 4.79 Å². The zero-order valence-corrected chi connectivity index (χ0v) is 16.4. The number of nitrogens with one attached hydrogen (secondary N) is 2. The fourth-order valence-corrected chi connectivity index (χ4v) is 4.16. The van der Waals surface area contributed by atoms with E-state index in [-0.39, 0.29) is 11.2 Å². The molecule has 1 heterocycles. The minimum Gasteiger partial charge on any atom is -0.330 e. The van der Waals surface area contributed by atoms with E-state index in [1.807, 2.05) is 69.3 Å². The van der Waals surface area contributed by atoms with Crippen LogP contribution in [0.1, 0.15) is 18.1 Å². The lowest BCUT2D eigenvalue weighted by Crippen LogP contribution is -2.22. The second-order valence-electron chi connectivity index (χ2n) is 5.98. The fraction of sp³-hybridized carbons (Fsp3) is 0.211. The first-order chi connectivity index (χ1) is 12.5. The van der Waals surface area contributed by atoms with Crippen molar-refractivity contribution >= 4 is 45.5 Å². The van der Waals surface area contributed by atoms with Crippen molar-refractivity contribution in [3.05, 3.63) is 59.7 Å². The third-order valence-corrected chi connectivity index (χ3v) is 5.66. The average Bonchev–Trinajstić information content (AvgIpc) is 3.03. The van der Waals surface area contributed by atoms with Crippen LogP contribution in [0.5, 0.6) is 0 Å². The molecule has 3 aromatic rings. The predicted molar refractivity (Wildman–Crippen MR) is 109 cm³/mol. The van der Waals surface area contributed by atoms with E-state index in [0.717, 1.165) is 21.3 Å². The van der Waals surface area contributed by atoms with Gasteiger partial charge in [-0.15, -0.1) is 10.2 Å². The van der Waals surface area contributed by atoms with Crippen molar-refractivity contribution in [2.75, 3.05) is 10.6 Å². The Morgan fingerprint density at radius 2 is 1.81 bits per heavy atom. The van der Waals surface area contributed by atoms with Gasteiger partial charge in [-0.25, -0.2) is 0 Å². The van der Waals surface area contributed by atoms with Gasteiger partial charge in [-0.05, 0) is 50.6 Å². The number of amides is 1. The summed E-state index contributed by atoms with van der Waals surface area (Å²) in [5.41, 5.74) is 4.11. The molecule has 0 aliphatic heterocycles. The second-order valence-corrected chi connectivity index (χ2v) is 8.55. The summed E-state index contributed by atoms with van der Waals surface area (Å²) < 4.78 is 0.756. The van der Waals surface area contributed by atoms with Crippen LogP contribution in [0.2, 0.25) is 0 Å². The highest BCUT2D eigenvalue weighted by Crippen LogP contribution is 2.31. The maximum Gasteiger partial charge on any atom is 0.237 e. The number of hydrogen-bond acceptors (Lipinski definition) is 6. The molecular formula is C19H20N4OS2. The van der Waals surface area contributed by atoms with Crippen molar-refractivity contribution in [1.82, 2.24) is 10.2 Å². The molecule has 1 atom stereocenters. The first-order valence-corrected chi connectivity index (χ1v) is 9.90. The van der Waals surface area contributed by atoms with Crippen LogP contribution in [-0.2, 0) is 4.79 Å². The summed E-state index contributed by atoms with van der Waals surface area (Å²) in [6, 6.07) is 15.8. The first-order valence-electron chi connectivity index (χ1n) is 8.21. The number of aryl methyl sites for hydroxylation is 2. The molecule has 0 unspecified atom stereocenters. The molecule has 2 aromatic carbocycles. The maximum absolute atomic E-state index is 12.3. The molecule has 0 spiro atoms. The van der Waals surface area contributed by atoms with Crippen molar-refractivity contribution in [3.63, 3.8) is 0 Å². The molecule has 2 N–H and O–H groups in total. The number of aromatic nitrogens is 2. The van der Waals surface area contributed by atoms with Crippen LogP contribution in [0.4, 0.5) is 16.5 Å². The lowest BCUT2D eigenvalue weighted by Gasteiger charge is -2.10. The molecule has 5 nitrogen and oxygen atoms in total. The molecule has 1 amide bonds. The van der Waals surface area contributed by atoms with Gasteiger partial charge in [-0.2, -0.15) is 0 Å². The molecule has 0 saturated carbocycles. The largest absolute Gasteiger partial charge is 0.330 e. The third kappa shape index (κ3) is 5.06. The Labute approximate surface area is 161 Å². The van der Waals surface area contributed by atoms with Gasteiger partial charge in [0.1, 0.15) is 0 Å². The molecular weight excluding hydrogens is 364 g/mol. The van der Waals surface area contributed by atoms with Crippen LogP contribution in [-0.4, -0.2) is 21.4 Å².